The number of pyridine rings is 1. The molecule has 0 fully saturated rings. The van der Waals surface area contributed by atoms with Crippen molar-refractivity contribution in [3.05, 3.63) is 24.0 Å². The first-order valence-corrected chi connectivity index (χ1v) is 3.53. The molecule has 3 heteroatoms. The molecule has 1 aromatic rings. The third kappa shape index (κ3) is 2.55. The molecule has 0 saturated carbocycles. The van der Waals surface area contributed by atoms with Gasteiger partial charge >= 0.3 is 0 Å². The molecule has 0 bridgehead atoms. The van der Waals surface area contributed by atoms with E-state index in [1.165, 1.54) is 0 Å². The van der Waals surface area contributed by atoms with Gasteiger partial charge in [0, 0.05) is 5.69 Å². The van der Waals surface area contributed by atoms with Crippen molar-refractivity contribution in [2.45, 2.75) is 6.92 Å². The molecule has 1 heterocycles. The Balaban J connectivity index is 2.52. The van der Waals surface area contributed by atoms with Crippen LogP contribution < -0.4 is 10.1 Å². The number of nitrogens with zero attached hydrogens (tertiary/aromatic N) is 1. The van der Waals surface area contributed by atoms with Gasteiger partial charge in [0.15, 0.2) is 0 Å². The highest BCUT2D eigenvalue weighted by atomic mass is 16.5. The van der Waals surface area contributed by atoms with Crippen molar-refractivity contribution in [3.8, 4) is 5.75 Å². The van der Waals surface area contributed by atoms with Crippen molar-refractivity contribution in [2.75, 3.05) is 13.8 Å². The fourth-order valence-electron chi connectivity index (χ4n) is 0.695. The minimum Gasteiger partial charge on any atom is -0.477 e. The molecule has 0 radical (unpaired) electrons. The second kappa shape index (κ2) is 3.93. The van der Waals surface area contributed by atoms with Gasteiger partial charge in [-0.15, -0.1) is 0 Å². The number of nitrogens with one attached hydrogen (secondary N) is 1. The Hall–Kier alpha value is -1.09. The van der Waals surface area contributed by atoms with E-state index in [2.05, 4.69) is 10.3 Å². The molecule has 0 aromatic carbocycles. The van der Waals surface area contributed by atoms with Crippen molar-refractivity contribution in [1.29, 1.82) is 0 Å². The highest BCUT2D eigenvalue weighted by Gasteiger charge is 1.90. The molecule has 1 rings (SSSR count). The maximum absolute atomic E-state index is 5.24. The van der Waals surface area contributed by atoms with Crippen LogP contribution in [0.3, 0.4) is 0 Å². The van der Waals surface area contributed by atoms with E-state index in [0.717, 1.165) is 11.4 Å². The van der Waals surface area contributed by atoms with E-state index in [-0.39, 0.29) is 0 Å². The van der Waals surface area contributed by atoms with Crippen molar-refractivity contribution in [3.63, 3.8) is 0 Å². The van der Waals surface area contributed by atoms with Gasteiger partial charge in [-0.25, -0.2) is 0 Å². The van der Waals surface area contributed by atoms with E-state index in [1.807, 2.05) is 26.1 Å². The van der Waals surface area contributed by atoms with Gasteiger partial charge in [-0.05, 0) is 26.1 Å². The van der Waals surface area contributed by atoms with Gasteiger partial charge in [-0.1, -0.05) is 0 Å². The number of rotatable bonds is 3. The fraction of sp³-hybridized carbons (Fsp3) is 0.375. The normalized spacial score (nSPS) is 9.64. The van der Waals surface area contributed by atoms with Gasteiger partial charge in [0.2, 0.25) is 0 Å². The molecule has 0 aliphatic carbocycles. The van der Waals surface area contributed by atoms with Gasteiger partial charge in [0.05, 0.1) is 6.20 Å². The number of hydrogen-bond donors (Lipinski definition) is 1. The van der Waals surface area contributed by atoms with E-state index >= 15 is 0 Å². The minimum atomic E-state index is 0.519. The molecule has 1 N–H and O–H groups in total. The zero-order valence-corrected chi connectivity index (χ0v) is 6.79. The van der Waals surface area contributed by atoms with Gasteiger partial charge in [-0.3, -0.25) is 10.3 Å². The van der Waals surface area contributed by atoms with Crippen molar-refractivity contribution >= 4 is 0 Å². The van der Waals surface area contributed by atoms with Crippen LogP contribution in [0.15, 0.2) is 18.3 Å². The molecule has 0 unspecified atom stereocenters. The number of hydrogen-bond acceptors (Lipinski definition) is 3. The molecule has 1 aromatic heterocycles. The lowest BCUT2D eigenvalue weighted by Gasteiger charge is -2.03. The predicted molar refractivity (Wildman–Crippen MR) is 43.5 cm³/mol. The lowest BCUT2D eigenvalue weighted by Crippen LogP contribution is -2.14. The summed E-state index contributed by atoms with van der Waals surface area (Å²) in [5, 5.41) is 2.88. The monoisotopic (exact) mass is 152 g/mol. The number of aromatic nitrogens is 1. The van der Waals surface area contributed by atoms with E-state index in [9.17, 15) is 0 Å². The second-order valence-electron chi connectivity index (χ2n) is 2.28. The third-order valence-electron chi connectivity index (χ3n) is 1.27. The van der Waals surface area contributed by atoms with Crippen LogP contribution in [-0.4, -0.2) is 18.8 Å². The van der Waals surface area contributed by atoms with Crippen molar-refractivity contribution in [2.24, 2.45) is 0 Å². The van der Waals surface area contributed by atoms with E-state index < -0.39 is 0 Å². The summed E-state index contributed by atoms with van der Waals surface area (Å²) < 4.78 is 5.24. The van der Waals surface area contributed by atoms with Crippen molar-refractivity contribution in [1.82, 2.24) is 10.3 Å². The molecule has 11 heavy (non-hydrogen) atoms. The van der Waals surface area contributed by atoms with Gasteiger partial charge in [-0.2, -0.15) is 0 Å². The highest BCUT2D eigenvalue weighted by Crippen LogP contribution is 2.07. The lowest BCUT2D eigenvalue weighted by molar-refractivity contribution is 0.295. The van der Waals surface area contributed by atoms with Crippen LogP contribution in [-0.2, 0) is 0 Å². The first-order chi connectivity index (χ1) is 5.33. The van der Waals surface area contributed by atoms with Crippen LogP contribution in [0.1, 0.15) is 5.69 Å². The van der Waals surface area contributed by atoms with Crippen LogP contribution in [0, 0.1) is 6.92 Å². The summed E-state index contributed by atoms with van der Waals surface area (Å²) in [4.78, 5) is 4.08. The predicted octanol–water partition coefficient (Wildman–Crippen LogP) is 0.946. The summed E-state index contributed by atoms with van der Waals surface area (Å²) in [6.45, 7) is 2.46. The molecule has 0 aliphatic rings. The first kappa shape index (κ1) is 8.01. The average Bonchev–Trinajstić information content (AvgIpc) is 2.04. The average molecular weight is 152 g/mol. The molecular weight excluding hydrogens is 140 g/mol. The Morgan fingerprint density at radius 3 is 2.91 bits per heavy atom. The molecular formula is C8H12N2O. The molecule has 0 saturated heterocycles. The number of ether oxygens (including phenoxy) is 1. The SMILES string of the molecule is CNCOc1ccc(C)nc1. The summed E-state index contributed by atoms with van der Waals surface area (Å²) >= 11 is 0. The zero-order chi connectivity index (χ0) is 8.10. The maximum atomic E-state index is 5.24. The summed E-state index contributed by atoms with van der Waals surface area (Å²) in [6.07, 6.45) is 1.71. The van der Waals surface area contributed by atoms with Crippen molar-refractivity contribution < 1.29 is 4.74 Å². The Morgan fingerprint density at radius 1 is 1.55 bits per heavy atom. The lowest BCUT2D eigenvalue weighted by atomic mass is 10.4. The van der Waals surface area contributed by atoms with E-state index in [1.54, 1.807) is 6.20 Å². The molecule has 0 atom stereocenters. The van der Waals surface area contributed by atoms with Crippen LogP contribution in [0.25, 0.3) is 0 Å². The summed E-state index contributed by atoms with van der Waals surface area (Å²) in [5.41, 5.74) is 1.00. The summed E-state index contributed by atoms with van der Waals surface area (Å²) in [5.74, 6) is 0.796. The Kier molecular flexibility index (Phi) is 2.86. The quantitative estimate of drug-likeness (QED) is 0.655. The van der Waals surface area contributed by atoms with Crippen LogP contribution in [0.5, 0.6) is 5.75 Å². The highest BCUT2D eigenvalue weighted by molar-refractivity contribution is 5.18. The molecule has 0 spiro atoms. The topological polar surface area (TPSA) is 34.1 Å². The standard InChI is InChI=1S/C8H12N2O/c1-7-3-4-8(5-10-7)11-6-9-2/h3-5,9H,6H2,1-2H3. The summed E-state index contributed by atoms with van der Waals surface area (Å²) in [6, 6.07) is 3.82. The van der Waals surface area contributed by atoms with Crippen LogP contribution >= 0.6 is 0 Å². The number of aryl methyl sites for hydroxylation is 1. The van der Waals surface area contributed by atoms with Crippen LogP contribution in [0.2, 0.25) is 0 Å². The Morgan fingerprint density at radius 2 is 2.36 bits per heavy atom. The molecule has 0 aliphatic heterocycles. The minimum absolute atomic E-state index is 0.519. The molecule has 0 amide bonds. The van der Waals surface area contributed by atoms with Gasteiger partial charge in [0.25, 0.3) is 0 Å². The van der Waals surface area contributed by atoms with Gasteiger partial charge < -0.3 is 4.74 Å². The molecule has 3 nitrogen and oxygen atoms in total. The second-order valence-corrected chi connectivity index (χ2v) is 2.28. The Bertz CT molecular complexity index is 208. The summed E-state index contributed by atoms with van der Waals surface area (Å²) in [7, 11) is 1.83. The maximum Gasteiger partial charge on any atom is 0.139 e. The van der Waals surface area contributed by atoms with Gasteiger partial charge in [0.1, 0.15) is 12.5 Å². The fourth-order valence-corrected chi connectivity index (χ4v) is 0.695. The van der Waals surface area contributed by atoms with Crippen LogP contribution in [0.4, 0.5) is 0 Å². The first-order valence-electron chi connectivity index (χ1n) is 3.53. The Labute approximate surface area is 66.4 Å². The third-order valence-corrected chi connectivity index (χ3v) is 1.27. The zero-order valence-electron chi connectivity index (χ0n) is 6.79. The van der Waals surface area contributed by atoms with E-state index in [4.69, 9.17) is 4.74 Å². The molecule has 60 valence electrons. The smallest absolute Gasteiger partial charge is 0.139 e. The largest absolute Gasteiger partial charge is 0.477 e. The van der Waals surface area contributed by atoms with E-state index in [0.29, 0.717) is 6.73 Å².